The first kappa shape index (κ1) is 12.4. The van der Waals surface area contributed by atoms with E-state index in [1.165, 1.54) is 0 Å². The Morgan fingerprint density at radius 1 is 1.59 bits per heavy atom. The van der Waals surface area contributed by atoms with E-state index >= 15 is 0 Å². The molecule has 5 heteroatoms. The van der Waals surface area contributed by atoms with Crippen LogP contribution in [0.25, 0.3) is 0 Å². The molecular weight excluding hydrogens is 286 g/mol. The SMILES string of the molecule is CC1(Nc2ccc(Br)cc2C(=O)O)CCOC1. The number of carboxylic acids is 1. The Kier molecular flexibility index (Phi) is 3.40. The van der Waals surface area contributed by atoms with Crippen LogP contribution in [-0.4, -0.2) is 29.8 Å². The highest BCUT2D eigenvalue weighted by atomic mass is 79.9. The van der Waals surface area contributed by atoms with Crippen molar-refractivity contribution in [1.82, 2.24) is 0 Å². The van der Waals surface area contributed by atoms with Crippen LogP contribution in [-0.2, 0) is 4.74 Å². The monoisotopic (exact) mass is 299 g/mol. The molecule has 4 nitrogen and oxygen atoms in total. The fourth-order valence-electron chi connectivity index (χ4n) is 1.89. The van der Waals surface area contributed by atoms with Crippen LogP contribution in [0.2, 0.25) is 0 Å². The van der Waals surface area contributed by atoms with Gasteiger partial charge in [-0.05, 0) is 31.5 Å². The Bertz CT molecular complexity index is 441. The van der Waals surface area contributed by atoms with Crippen molar-refractivity contribution in [2.75, 3.05) is 18.5 Å². The van der Waals surface area contributed by atoms with Crippen molar-refractivity contribution in [3.8, 4) is 0 Å². The predicted octanol–water partition coefficient (Wildman–Crippen LogP) is 2.74. The molecule has 0 radical (unpaired) electrons. The van der Waals surface area contributed by atoms with Crippen molar-refractivity contribution in [3.63, 3.8) is 0 Å². The molecule has 0 bridgehead atoms. The van der Waals surface area contributed by atoms with E-state index in [-0.39, 0.29) is 11.1 Å². The summed E-state index contributed by atoms with van der Waals surface area (Å²) in [5.41, 5.74) is 0.721. The van der Waals surface area contributed by atoms with Gasteiger partial charge in [-0.2, -0.15) is 0 Å². The van der Waals surface area contributed by atoms with Gasteiger partial charge in [-0.3, -0.25) is 0 Å². The average molecular weight is 300 g/mol. The third-order valence-corrected chi connectivity index (χ3v) is 3.36. The second-order valence-electron chi connectivity index (χ2n) is 4.48. The molecule has 1 unspecified atom stereocenters. The third kappa shape index (κ3) is 2.79. The molecule has 1 atom stereocenters. The van der Waals surface area contributed by atoms with Gasteiger partial charge in [-0.1, -0.05) is 15.9 Å². The van der Waals surface area contributed by atoms with Gasteiger partial charge in [0.05, 0.1) is 17.7 Å². The lowest BCUT2D eigenvalue weighted by atomic mass is 10.0. The van der Waals surface area contributed by atoms with E-state index in [0.29, 0.717) is 18.9 Å². The maximum absolute atomic E-state index is 11.2. The lowest BCUT2D eigenvalue weighted by Gasteiger charge is -2.26. The second kappa shape index (κ2) is 4.66. The summed E-state index contributed by atoms with van der Waals surface area (Å²) in [6.07, 6.45) is 0.877. The molecule has 0 saturated carbocycles. The molecule has 1 fully saturated rings. The van der Waals surface area contributed by atoms with Crippen molar-refractivity contribution in [2.24, 2.45) is 0 Å². The van der Waals surface area contributed by atoms with E-state index in [0.717, 1.165) is 10.9 Å². The molecule has 0 aliphatic carbocycles. The van der Waals surface area contributed by atoms with Crippen molar-refractivity contribution >= 4 is 27.6 Å². The fraction of sp³-hybridized carbons (Fsp3) is 0.417. The van der Waals surface area contributed by atoms with Crippen LogP contribution in [0.1, 0.15) is 23.7 Å². The Hall–Kier alpha value is -1.07. The van der Waals surface area contributed by atoms with Crippen molar-refractivity contribution in [3.05, 3.63) is 28.2 Å². The first-order valence-electron chi connectivity index (χ1n) is 5.39. The highest BCUT2D eigenvalue weighted by Gasteiger charge is 2.30. The number of anilines is 1. The number of aromatic carboxylic acids is 1. The summed E-state index contributed by atoms with van der Waals surface area (Å²) in [7, 11) is 0. The van der Waals surface area contributed by atoms with Crippen LogP contribution >= 0.6 is 15.9 Å². The van der Waals surface area contributed by atoms with E-state index in [9.17, 15) is 4.79 Å². The zero-order valence-electron chi connectivity index (χ0n) is 9.50. The Morgan fingerprint density at radius 2 is 2.35 bits per heavy atom. The minimum Gasteiger partial charge on any atom is -0.478 e. The highest BCUT2D eigenvalue weighted by molar-refractivity contribution is 9.10. The molecule has 2 N–H and O–H groups in total. The van der Waals surface area contributed by atoms with E-state index in [2.05, 4.69) is 21.2 Å². The maximum atomic E-state index is 11.2. The van der Waals surface area contributed by atoms with Gasteiger partial charge in [0.15, 0.2) is 0 Å². The van der Waals surface area contributed by atoms with Gasteiger partial charge in [-0.15, -0.1) is 0 Å². The van der Waals surface area contributed by atoms with Gasteiger partial charge < -0.3 is 15.2 Å². The van der Waals surface area contributed by atoms with Gasteiger partial charge in [-0.25, -0.2) is 4.79 Å². The van der Waals surface area contributed by atoms with E-state index in [1.54, 1.807) is 12.1 Å². The van der Waals surface area contributed by atoms with Crippen molar-refractivity contribution in [2.45, 2.75) is 18.9 Å². The van der Waals surface area contributed by atoms with Crippen LogP contribution in [0.4, 0.5) is 5.69 Å². The van der Waals surface area contributed by atoms with Gasteiger partial charge in [0.2, 0.25) is 0 Å². The maximum Gasteiger partial charge on any atom is 0.337 e. The van der Waals surface area contributed by atoms with E-state index in [1.807, 2.05) is 13.0 Å². The zero-order valence-corrected chi connectivity index (χ0v) is 11.1. The largest absolute Gasteiger partial charge is 0.478 e. The van der Waals surface area contributed by atoms with Crippen LogP contribution in [0, 0.1) is 0 Å². The number of rotatable bonds is 3. The molecule has 1 heterocycles. The number of hydrogen-bond acceptors (Lipinski definition) is 3. The first-order chi connectivity index (χ1) is 8.00. The number of carbonyl (C=O) groups is 1. The molecule has 0 spiro atoms. The zero-order chi connectivity index (χ0) is 12.5. The molecule has 17 heavy (non-hydrogen) atoms. The number of carboxylic acid groups (broad SMARTS) is 1. The molecule has 1 aliphatic heterocycles. The van der Waals surface area contributed by atoms with Gasteiger partial charge in [0, 0.05) is 16.8 Å². The molecule has 1 aromatic rings. The Balaban J connectivity index is 2.28. The van der Waals surface area contributed by atoms with E-state index in [4.69, 9.17) is 9.84 Å². The highest BCUT2D eigenvalue weighted by Crippen LogP contribution is 2.28. The molecule has 0 amide bonds. The molecule has 1 aliphatic rings. The van der Waals surface area contributed by atoms with Gasteiger partial charge >= 0.3 is 5.97 Å². The second-order valence-corrected chi connectivity index (χ2v) is 5.40. The standard InChI is InChI=1S/C12H14BrNO3/c1-12(4-5-17-7-12)14-10-3-2-8(13)6-9(10)11(15)16/h2-3,6,14H,4-5,7H2,1H3,(H,15,16). The Morgan fingerprint density at radius 3 is 2.94 bits per heavy atom. The number of halogens is 1. The number of hydrogen-bond donors (Lipinski definition) is 2. The quantitative estimate of drug-likeness (QED) is 0.901. The summed E-state index contributed by atoms with van der Waals surface area (Å²) in [6, 6.07) is 5.20. The van der Waals surface area contributed by atoms with Crippen LogP contribution < -0.4 is 5.32 Å². The lowest BCUT2D eigenvalue weighted by Crippen LogP contribution is -2.35. The number of nitrogens with one attached hydrogen (secondary N) is 1. The molecule has 1 saturated heterocycles. The number of benzene rings is 1. The third-order valence-electron chi connectivity index (χ3n) is 2.87. The molecule has 0 aromatic heterocycles. The molecule has 92 valence electrons. The predicted molar refractivity (Wildman–Crippen MR) is 68.6 cm³/mol. The minimum atomic E-state index is -0.934. The summed E-state index contributed by atoms with van der Waals surface area (Å²) in [5, 5.41) is 12.4. The minimum absolute atomic E-state index is 0.183. The lowest BCUT2D eigenvalue weighted by molar-refractivity contribution is 0.0697. The smallest absolute Gasteiger partial charge is 0.337 e. The van der Waals surface area contributed by atoms with Crippen molar-refractivity contribution < 1.29 is 14.6 Å². The molecule has 1 aromatic carbocycles. The fourth-order valence-corrected chi connectivity index (χ4v) is 2.25. The summed E-state index contributed by atoms with van der Waals surface area (Å²) < 4.78 is 6.09. The Labute approximate surface area is 108 Å². The molecular formula is C12H14BrNO3. The summed E-state index contributed by atoms with van der Waals surface area (Å²) in [4.78, 5) is 11.2. The van der Waals surface area contributed by atoms with Crippen LogP contribution in [0.15, 0.2) is 22.7 Å². The number of ether oxygens (including phenoxy) is 1. The van der Waals surface area contributed by atoms with Crippen molar-refractivity contribution in [1.29, 1.82) is 0 Å². The molecule has 2 rings (SSSR count). The normalized spacial score (nSPS) is 23.6. The average Bonchev–Trinajstić information content (AvgIpc) is 2.67. The van der Waals surface area contributed by atoms with Gasteiger partial charge in [0.25, 0.3) is 0 Å². The first-order valence-corrected chi connectivity index (χ1v) is 6.18. The van der Waals surface area contributed by atoms with E-state index < -0.39 is 5.97 Å². The van der Waals surface area contributed by atoms with Crippen LogP contribution in [0.3, 0.4) is 0 Å². The summed E-state index contributed by atoms with van der Waals surface area (Å²) in [6.45, 7) is 3.35. The topological polar surface area (TPSA) is 58.6 Å². The summed E-state index contributed by atoms with van der Waals surface area (Å²) in [5.74, 6) is -0.934. The van der Waals surface area contributed by atoms with Gasteiger partial charge in [0.1, 0.15) is 0 Å². The van der Waals surface area contributed by atoms with Crippen LogP contribution in [0.5, 0.6) is 0 Å². The summed E-state index contributed by atoms with van der Waals surface area (Å²) >= 11 is 3.27.